The molecule has 0 spiro atoms. The highest BCUT2D eigenvalue weighted by Crippen LogP contribution is 2.20. The lowest BCUT2D eigenvalue weighted by Crippen LogP contribution is -2.38. The topological polar surface area (TPSA) is 42.2 Å². The molecule has 3 rings (SSSR count). The number of furan rings is 1. The average Bonchev–Trinajstić information content (AvgIpc) is 2.69. The Kier molecular flexibility index (Phi) is 1.91. The van der Waals surface area contributed by atoms with Crippen molar-refractivity contribution in [2.24, 2.45) is 0 Å². The van der Waals surface area contributed by atoms with E-state index in [1.807, 2.05) is 18.5 Å². The van der Waals surface area contributed by atoms with Crippen LogP contribution in [0.5, 0.6) is 0 Å². The fourth-order valence-corrected chi connectivity index (χ4v) is 1.58. The molecule has 2 aromatic heterocycles. The van der Waals surface area contributed by atoms with Crippen LogP contribution in [0.1, 0.15) is 6.42 Å². The molecular formula is C11H11N3O. The Labute approximate surface area is 87.6 Å². The fraction of sp³-hybridized carbons (Fsp3) is 0.273. The lowest BCUT2D eigenvalue weighted by molar-refractivity contribution is 0.568. The van der Waals surface area contributed by atoms with Gasteiger partial charge >= 0.3 is 0 Å². The normalized spacial score (nSPS) is 15.1. The van der Waals surface area contributed by atoms with E-state index in [1.165, 1.54) is 6.42 Å². The second-order valence-electron chi connectivity index (χ2n) is 3.62. The van der Waals surface area contributed by atoms with Crippen molar-refractivity contribution in [3.05, 3.63) is 31.0 Å². The van der Waals surface area contributed by atoms with Gasteiger partial charge < -0.3 is 9.32 Å². The molecule has 0 atom stereocenters. The first-order valence-corrected chi connectivity index (χ1v) is 5.03. The lowest BCUT2D eigenvalue weighted by atomic mass is 10.2. The summed E-state index contributed by atoms with van der Waals surface area (Å²) in [7, 11) is 0. The van der Waals surface area contributed by atoms with Gasteiger partial charge in [0, 0.05) is 36.6 Å². The number of aromatic nitrogens is 2. The molecule has 0 saturated carbocycles. The number of hydrogen-bond donors (Lipinski definition) is 0. The second-order valence-corrected chi connectivity index (χ2v) is 3.62. The predicted octanol–water partition coefficient (Wildman–Crippen LogP) is 1.95. The van der Waals surface area contributed by atoms with Gasteiger partial charge in [-0.15, -0.1) is 0 Å². The largest absolute Gasteiger partial charge is 0.472 e. The van der Waals surface area contributed by atoms with Gasteiger partial charge in [-0.3, -0.25) is 0 Å². The van der Waals surface area contributed by atoms with Crippen molar-refractivity contribution in [2.45, 2.75) is 6.42 Å². The molecule has 3 heterocycles. The molecule has 0 N–H and O–H groups in total. The Morgan fingerprint density at radius 2 is 1.93 bits per heavy atom. The number of anilines is 1. The van der Waals surface area contributed by atoms with Crippen LogP contribution >= 0.6 is 0 Å². The molecule has 76 valence electrons. The van der Waals surface area contributed by atoms with Crippen LogP contribution in [0.15, 0.2) is 35.4 Å². The molecule has 0 bridgehead atoms. The van der Waals surface area contributed by atoms with E-state index in [4.69, 9.17) is 4.42 Å². The Morgan fingerprint density at radius 3 is 2.47 bits per heavy atom. The molecule has 0 unspecified atom stereocenters. The smallest absolute Gasteiger partial charge is 0.225 e. The fourth-order valence-electron chi connectivity index (χ4n) is 1.58. The number of hydrogen-bond acceptors (Lipinski definition) is 4. The molecule has 0 radical (unpaired) electrons. The maximum Gasteiger partial charge on any atom is 0.225 e. The van der Waals surface area contributed by atoms with Crippen molar-refractivity contribution in [3.63, 3.8) is 0 Å². The number of rotatable bonds is 2. The summed E-state index contributed by atoms with van der Waals surface area (Å²) in [6.07, 6.45) is 8.27. The Balaban J connectivity index is 1.87. The third-order valence-corrected chi connectivity index (χ3v) is 2.63. The third kappa shape index (κ3) is 1.48. The van der Waals surface area contributed by atoms with Gasteiger partial charge in [0.25, 0.3) is 0 Å². The van der Waals surface area contributed by atoms with Crippen molar-refractivity contribution in [1.82, 2.24) is 9.97 Å². The molecule has 4 nitrogen and oxygen atoms in total. The van der Waals surface area contributed by atoms with Crippen molar-refractivity contribution < 1.29 is 4.42 Å². The summed E-state index contributed by atoms with van der Waals surface area (Å²) in [4.78, 5) is 10.8. The maximum absolute atomic E-state index is 5.01. The Bertz CT molecular complexity index is 431. The minimum atomic E-state index is 0.827. The van der Waals surface area contributed by atoms with E-state index in [9.17, 15) is 0 Å². The molecule has 1 fully saturated rings. The highest BCUT2D eigenvalue weighted by Gasteiger charge is 2.16. The van der Waals surface area contributed by atoms with Crippen LogP contribution in [-0.4, -0.2) is 23.1 Å². The quantitative estimate of drug-likeness (QED) is 0.744. The van der Waals surface area contributed by atoms with E-state index in [1.54, 1.807) is 12.5 Å². The van der Waals surface area contributed by atoms with Crippen LogP contribution in [0, 0.1) is 0 Å². The van der Waals surface area contributed by atoms with E-state index < -0.39 is 0 Å². The van der Waals surface area contributed by atoms with E-state index in [-0.39, 0.29) is 0 Å². The molecule has 15 heavy (non-hydrogen) atoms. The molecule has 1 saturated heterocycles. The summed E-state index contributed by atoms with van der Waals surface area (Å²) >= 11 is 0. The van der Waals surface area contributed by atoms with Gasteiger partial charge in [0.1, 0.15) is 0 Å². The zero-order chi connectivity index (χ0) is 10.1. The standard InChI is InChI=1S/C11H11N3O/c1-3-14(4-1)11-12-6-10(7-13-11)9-2-5-15-8-9/h2,5-8H,1,3-4H2. The molecule has 2 aromatic rings. The summed E-state index contributed by atoms with van der Waals surface area (Å²) in [6, 6.07) is 1.90. The van der Waals surface area contributed by atoms with Gasteiger partial charge in [-0.1, -0.05) is 0 Å². The van der Waals surface area contributed by atoms with Gasteiger partial charge in [0.2, 0.25) is 5.95 Å². The summed E-state index contributed by atoms with van der Waals surface area (Å²) in [5, 5.41) is 0. The molecule has 4 heteroatoms. The van der Waals surface area contributed by atoms with E-state index in [0.29, 0.717) is 0 Å². The first-order valence-electron chi connectivity index (χ1n) is 5.03. The second kappa shape index (κ2) is 3.38. The van der Waals surface area contributed by atoms with E-state index in [2.05, 4.69) is 14.9 Å². The van der Waals surface area contributed by atoms with Crippen LogP contribution < -0.4 is 4.90 Å². The maximum atomic E-state index is 5.01. The summed E-state index contributed by atoms with van der Waals surface area (Å²) < 4.78 is 5.01. The van der Waals surface area contributed by atoms with E-state index in [0.717, 1.165) is 30.2 Å². The summed E-state index contributed by atoms with van der Waals surface area (Å²) in [6.45, 7) is 2.15. The number of nitrogens with zero attached hydrogens (tertiary/aromatic N) is 3. The van der Waals surface area contributed by atoms with Gasteiger partial charge in [-0.2, -0.15) is 0 Å². The SMILES string of the molecule is c1cc(-c2cnc(N3CCC3)nc2)co1. The zero-order valence-corrected chi connectivity index (χ0v) is 8.26. The average molecular weight is 201 g/mol. The van der Waals surface area contributed by atoms with Gasteiger partial charge in [-0.05, 0) is 12.5 Å². The van der Waals surface area contributed by atoms with E-state index >= 15 is 0 Å². The van der Waals surface area contributed by atoms with Crippen LogP contribution in [0.4, 0.5) is 5.95 Å². The molecule has 1 aliphatic rings. The monoisotopic (exact) mass is 201 g/mol. The van der Waals surface area contributed by atoms with Crippen LogP contribution in [0.3, 0.4) is 0 Å². The minimum absolute atomic E-state index is 0.827. The highest BCUT2D eigenvalue weighted by atomic mass is 16.3. The van der Waals surface area contributed by atoms with Gasteiger partial charge in [0.05, 0.1) is 12.5 Å². The van der Waals surface area contributed by atoms with Gasteiger partial charge in [0.15, 0.2) is 0 Å². The highest BCUT2D eigenvalue weighted by molar-refractivity contribution is 5.60. The third-order valence-electron chi connectivity index (χ3n) is 2.63. The van der Waals surface area contributed by atoms with Crippen molar-refractivity contribution in [1.29, 1.82) is 0 Å². The first kappa shape index (κ1) is 8.47. The van der Waals surface area contributed by atoms with Gasteiger partial charge in [-0.25, -0.2) is 9.97 Å². The molecule has 0 aromatic carbocycles. The lowest BCUT2D eigenvalue weighted by Gasteiger charge is -2.30. The molecule has 0 amide bonds. The Morgan fingerprint density at radius 1 is 1.13 bits per heavy atom. The summed E-state index contributed by atoms with van der Waals surface area (Å²) in [5.74, 6) is 0.827. The molecular weight excluding hydrogens is 190 g/mol. The van der Waals surface area contributed by atoms with Crippen LogP contribution in [0.25, 0.3) is 11.1 Å². The van der Waals surface area contributed by atoms with Crippen molar-refractivity contribution >= 4 is 5.95 Å². The Hall–Kier alpha value is -1.84. The van der Waals surface area contributed by atoms with Crippen molar-refractivity contribution in [2.75, 3.05) is 18.0 Å². The first-order chi connectivity index (χ1) is 7.43. The molecule has 0 aliphatic carbocycles. The minimum Gasteiger partial charge on any atom is -0.472 e. The van der Waals surface area contributed by atoms with Crippen LogP contribution in [0.2, 0.25) is 0 Å². The molecule has 1 aliphatic heterocycles. The summed E-state index contributed by atoms with van der Waals surface area (Å²) in [5.41, 5.74) is 2.01. The van der Waals surface area contributed by atoms with Crippen LogP contribution in [-0.2, 0) is 0 Å². The van der Waals surface area contributed by atoms with Crippen molar-refractivity contribution in [3.8, 4) is 11.1 Å². The predicted molar refractivity (Wildman–Crippen MR) is 56.6 cm³/mol. The zero-order valence-electron chi connectivity index (χ0n) is 8.26.